The molecular weight excluding hydrogens is 304 g/mol. The number of carbonyl (C=O) groups is 1. The minimum absolute atomic E-state index is 0.0846. The Balaban J connectivity index is 1.89. The Hall–Kier alpha value is -2.63. The molecule has 0 saturated heterocycles. The van der Waals surface area contributed by atoms with Crippen molar-refractivity contribution >= 4 is 11.7 Å². The first-order valence-corrected chi connectivity index (χ1v) is 7.99. The van der Waals surface area contributed by atoms with Gasteiger partial charge in [0.1, 0.15) is 17.4 Å². The van der Waals surface area contributed by atoms with E-state index < -0.39 is 0 Å². The molecule has 126 valence electrons. The average Bonchev–Trinajstić information content (AvgIpc) is 2.55. The highest BCUT2D eigenvalue weighted by Crippen LogP contribution is 2.27. The van der Waals surface area contributed by atoms with Crippen molar-refractivity contribution in [1.82, 2.24) is 14.9 Å². The van der Waals surface area contributed by atoms with Gasteiger partial charge >= 0.3 is 0 Å². The van der Waals surface area contributed by atoms with E-state index in [1.54, 1.807) is 17.0 Å². The monoisotopic (exact) mass is 326 g/mol. The first kappa shape index (κ1) is 16.2. The molecule has 1 aliphatic heterocycles. The minimum atomic E-state index is -0.0846. The molecule has 0 aliphatic carbocycles. The molecule has 0 atom stereocenters. The van der Waals surface area contributed by atoms with Crippen molar-refractivity contribution in [2.45, 2.75) is 26.8 Å². The number of carbonyl (C=O) groups excluding carboxylic acids is 1. The van der Waals surface area contributed by atoms with Crippen LogP contribution in [0.3, 0.4) is 0 Å². The summed E-state index contributed by atoms with van der Waals surface area (Å²) in [4.78, 5) is 25.6. The zero-order valence-corrected chi connectivity index (χ0v) is 14.5. The lowest BCUT2D eigenvalue weighted by Crippen LogP contribution is -2.37. The molecule has 0 unspecified atom stereocenters. The quantitative estimate of drug-likeness (QED) is 0.915. The van der Waals surface area contributed by atoms with Crippen molar-refractivity contribution < 1.29 is 9.90 Å². The van der Waals surface area contributed by atoms with Crippen LogP contribution in [-0.2, 0) is 13.0 Å². The number of nitrogens with zero attached hydrogens (tertiary/aromatic N) is 4. The number of benzene rings is 1. The summed E-state index contributed by atoms with van der Waals surface area (Å²) in [7, 11) is 3.93. The molecular formula is C18H22N4O2. The van der Waals surface area contributed by atoms with Gasteiger partial charge in [0.05, 0.1) is 12.2 Å². The van der Waals surface area contributed by atoms with Crippen molar-refractivity contribution in [2.24, 2.45) is 0 Å². The fourth-order valence-corrected chi connectivity index (χ4v) is 3.00. The van der Waals surface area contributed by atoms with Gasteiger partial charge in [0, 0.05) is 31.8 Å². The third-order valence-electron chi connectivity index (χ3n) is 4.32. The summed E-state index contributed by atoms with van der Waals surface area (Å²) in [6.45, 7) is 4.76. The molecule has 24 heavy (non-hydrogen) atoms. The molecule has 0 radical (unpaired) electrons. The third-order valence-corrected chi connectivity index (χ3v) is 4.32. The maximum atomic E-state index is 12.7. The zero-order chi connectivity index (χ0) is 17.4. The number of aromatic nitrogens is 2. The van der Waals surface area contributed by atoms with Gasteiger partial charge in [0.2, 0.25) is 0 Å². The van der Waals surface area contributed by atoms with Gasteiger partial charge in [-0.05, 0) is 38.0 Å². The summed E-state index contributed by atoms with van der Waals surface area (Å²) >= 11 is 0. The molecule has 1 aromatic carbocycles. The molecule has 0 spiro atoms. The third kappa shape index (κ3) is 2.91. The maximum absolute atomic E-state index is 12.7. The van der Waals surface area contributed by atoms with E-state index in [-0.39, 0.29) is 11.7 Å². The Morgan fingerprint density at radius 2 is 2.00 bits per heavy atom. The van der Waals surface area contributed by atoms with Crippen molar-refractivity contribution in [3.8, 4) is 5.75 Å². The van der Waals surface area contributed by atoms with Crippen molar-refractivity contribution in [3.63, 3.8) is 0 Å². The SMILES string of the molecule is Cc1nc2c(c(N(C)C)n1)CCN(C(=O)c1ccc(C)c(O)c1)C2. The number of hydrogen-bond donors (Lipinski definition) is 1. The number of amides is 1. The highest BCUT2D eigenvalue weighted by atomic mass is 16.3. The summed E-state index contributed by atoms with van der Waals surface area (Å²) in [6.07, 6.45) is 0.729. The minimum Gasteiger partial charge on any atom is -0.508 e. The number of fused-ring (bicyclic) bond motifs is 1. The Bertz CT molecular complexity index is 802. The van der Waals surface area contributed by atoms with Crippen LogP contribution in [0.25, 0.3) is 0 Å². The molecule has 0 saturated carbocycles. The van der Waals surface area contributed by atoms with Crippen molar-refractivity contribution in [3.05, 3.63) is 46.4 Å². The Labute approximate surface area is 141 Å². The lowest BCUT2D eigenvalue weighted by Gasteiger charge is -2.30. The van der Waals surface area contributed by atoms with Crippen LogP contribution in [0, 0.1) is 13.8 Å². The van der Waals surface area contributed by atoms with Crippen LogP contribution in [0.2, 0.25) is 0 Å². The summed E-state index contributed by atoms with van der Waals surface area (Å²) in [5.74, 6) is 1.70. The van der Waals surface area contributed by atoms with Gasteiger partial charge in [-0.25, -0.2) is 9.97 Å². The highest BCUT2D eigenvalue weighted by Gasteiger charge is 2.26. The number of anilines is 1. The molecule has 1 aliphatic rings. The topological polar surface area (TPSA) is 69.6 Å². The van der Waals surface area contributed by atoms with E-state index >= 15 is 0 Å². The number of phenols is 1. The molecule has 6 nitrogen and oxygen atoms in total. The molecule has 2 aromatic rings. The van der Waals surface area contributed by atoms with Crippen molar-refractivity contribution in [2.75, 3.05) is 25.5 Å². The van der Waals surface area contributed by atoms with Crippen LogP contribution in [0.1, 0.15) is 33.0 Å². The fourth-order valence-electron chi connectivity index (χ4n) is 3.00. The molecule has 0 bridgehead atoms. The molecule has 1 amide bonds. The van der Waals surface area contributed by atoms with Crippen LogP contribution < -0.4 is 4.90 Å². The predicted molar refractivity (Wildman–Crippen MR) is 92.4 cm³/mol. The molecule has 3 rings (SSSR count). The zero-order valence-electron chi connectivity index (χ0n) is 14.5. The Morgan fingerprint density at radius 3 is 2.67 bits per heavy atom. The summed E-state index contributed by atoms with van der Waals surface area (Å²) in [5.41, 5.74) is 3.28. The number of phenolic OH excluding ortho intramolecular Hbond substituents is 1. The lowest BCUT2D eigenvalue weighted by atomic mass is 10.0. The van der Waals surface area contributed by atoms with E-state index in [0.29, 0.717) is 24.5 Å². The second-order valence-electron chi connectivity index (χ2n) is 6.39. The van der Waals surface area contributed by atoms with Crippen LogP contribution in [0.15, 0.2) is 18.2 Å². The second kappa shape index (κ2) is 6.11. The van der Waals surface area contributed by atoms with E-state index in [0.717, 1.165) is 29.1 Å². The van der Waals surface area contributed by atoms with E-state index in [1.807, 2.05) is 32.8 Å². The van der Waals surface area contributed by atoms with Crippen LogP contribution in [-0.4, -0.2) is 46.5 Å². The van der Waals surface area contributed by atoms with Gasteiger partial charge < -0.3 is 14.9 Å². The van der Waals surface area contributed by atoms with Gasteiger partial charge in [0.25, 0.3) is 5.91 Å². The van der Waals surface area contributed by atoms with E-state index in [2.05, 4.69) is 9.97 Å². The van der Waals surface area contributed by atoms with Gasteiger partial charge in [-0.3, -0.25) is 4.79 Å². The largest absolute Gasteiger partial charge is 0.508 e. The number of hydrogen-bond acceptors (Lipinski definition) is 5. The van der Waals surface area contributed by atoms with Gasteiger partial charge in [0.15, 0.2) is 0 Å². The van der Waals surface area contributed by atoms with Crippen molar-refractivity contribution in [1.29, 1.82) is 0 Å². The van der Waals surface area contributed by atoms with E-state index in [9.17, 15) is 9.90 Å². The van der Waals surface area contributed by atoms with Crippen LogP contribution in [0.5, 0.6) is 5.75 Å². The predicted octanol–water partition coefficient (Wildman–Crippen LogP) is 2.06. The smallest absolute Gasteiger partial charge is 0.254 e. The normalized spacial score (nSPS) is 13.6. The summed E-state index contributed by atoms with van der Waals surface area (Å²) in [5, 5.41) is 9.84. The van der Waals surface area contributed by atoms with Gasteiger partial charge in [-0.2, -0.15) is 0 Å². The Morgan fingerprint density at radius 1 is 1.25 bits per heavy atom. The fraction of sp³-hybridized carbons (Fsp3) is 0.389. The first-order valence-electron chi connectivity index (χ1n) is 7.99. The van der Waals surface area contributed by atoms with E-state index in [4.69, 9.17) is 0 Å². The molecule has 1 N–H and O–H groups in total. The number of rotatable bonds is 2. The first-order chi connectivity index (χ1) is 11.4. The van der Waals surface area contributed by atoms with Crippen LogP contribution in [0.4, 0.5) is 5.82 Å². The number of aryl methyl sites for hydroxylation is 2. The second-order valence-corrected chi connectivity index (χ2v) is 6.39. The van der Waals surface area contributed by atoms with Gasteiger partial charge in [-0.1, -0.05) is 6.07 Å². The van der Waals surface area contributed by atoms with Crippen LogP contribution >= 0.6 is 0 Å². The Kier molecular flexibility index (Phi) is 4.13. The van der Waals surface area contributed by atoms with E-state index in [1.165, 1.54) is 6.07 Å². The lowest BCUT2D eigenvalue weighted by molar-refractivity contribution is 0.0731. The van der Waals surface area contributed by atoms with Gasteiger partial charge in [-0.15, -0.1) is 0 Å². The molecule has 6 heteroatoms. The molecule has 0 fully saturated rings. The molecule has 2 heterocycles. The highest BCUT2D eigenvalue weighted by molar-refractivity contribution is 5.94. The summed E-state index contributed by atoms with van der Waals surface area (Å²) < 4.78 is 0. The number of aromatic hydroxyl groups is 1. The average molecular weight is 326 g/mol. The summed E-state index contributed by atoms with van der Waals surface area (Å²) in [6, 6.07) is 5.05. The maximum Gasteiger partial charge on any atom is 0.254 e. The standard InChI is InChI=1S/C18H22N4O2/c1-11-5-6-13(9-16(11)23)18(24)22-8-7-14-15(10-22)19-12(2)20-17(14)21(3)4/h5-6,9,23H,7-8,10H2,1-4H3. The molecule has 1 aromatic heterocycles.